The first-order valence-electron chi connectivity index (χ1n) is 8.35. The van der Waals surface area contributed by atoms with E-state index in [0.29, 0.717) is 11.5 Å². The van der Waals surface area contributed by atoms with Gasteiger partial charge in [0.25, 0.3) is 11.5 Å². The molecule has 0 saturated heterocycles. The van der Waals surface area contributed by atoms with Crippen molar-refractivity contribution >= 4 is 5.91 Å². The van der Waals surface area contributed by atoms with E-state index in [1.165, 1.54) is 35.2 Å². The predicted molar refractivity (Wildman–Crippen MR) is 94.7 cm³/mol. The number of nitrogens with one attached hydrogen (secondary N) is 1. The normalized spacial score (nSPS) is 12.6. The fourth-order valence-corrected chi connectivity index (χ4v) is 2.56. The van der Waals surface area contributed by atoms with Crippen molar-refractivity contribution in [2.24, 2.45) is 0 Å². The summed E-state index contributed by atoms with van der Waals surface area (Å²) in [5.74, 6) is -0.192. The largest absolute Gasteiger partial charge is 0.463 e. The van der Waals surface area contributed by atoms with E-state index in [0.717, 1.165) is 12.1 Å². The average Bonchev–Trinajstić information content (AvgIpc) is 3.20. The van der Waals surface area contributed by atoms with E-state index >= 15 is 0 Å². The van der Waals surface area contributed by atoms with Gasteiger partial charge in [-0.1, -0.05) is 6.07 Å². The number of carbonyl (C=O) groups excluding carboxylic acids is 1. The minimum Gasteiger partial charge on any atom is -0.463 e. The van der Waals surface area contributed by atoms with Crippen LogP contribution in [-0.2, 0) is 6.18 Å². The fraction of sp³-hybridized carbons (Fsp3) is 0.211. The minimum absolute atomic E-state index is 0.00357. The van der Waals surface area contributed by atoms with Crippen LogP contribution in [0.2, 0.25) is 0 Å². The van der Waals surface area contributed by atoms with E-state index in [1.54, 1.807) is 19.1 Å². The summed E-state index contributed by atoms with van der Waals surface area (Å²) in [5.41, 5.74) is -0.958. The molecule has 3 aromatic rings. The first-order chi connectivity index (χ1) is 13.3. The average molecular weight is 391 g/mol. The second-order valence-electron chi connectivity index (χ2n) is 6.12. The molecule has 0 aliphatic rings. The Kier molecular flexibility index (Phi) is 5.34. The van der Waals surface area contributed by atoms with Crippen LogP contribution in [0.25, 0.3) is 11.5 Å². The number of aromatic nitrogens is 2. The maximum Gasteiger partial charge on any atom is 0.416 e. The highest BCUT2D eigenvalue weighted by Gasteiger charge is 2.30. The maximum atomic E-state index is 12.8. The number of rotatable bonds is 5. The summed E-state index contributed by atoms with van der Waals surface area (Å²) in [7, 11) is 0. The molecule has 0 aliphatic heterocycles. The number of alkyl halides is 3. The van der Waals surface area contributed by atoms with E-state index < -0.39 is 23.7 Å². The molecule has 28 heavy (non-hydrogen) atoms. The number of halogens is 3. The molecule has 2 aromatic heterocycles. The maximum absolute atomic E-state index is 12.8. The van der Waals surface area contributed by atoms with Gasteiger partial charge in [-0.15, -0.1) is 0 Å². The molecule has 0 bridgehead atoms. The monoisotopic (exact) mass is 391 g/mol. The lowest BCUT2D eigenvalue weighted by Crippen LogP contribution is -2.35. The molecule has 1 amide bonds. The second-order valence-corrected chi connectivity index (χ2v) is 6.12. The van der Waals surface area contributed by atoms with E-state index in [9.17, 15) is 22.8 Å². The number of furan rings is 1. The van der Waals surface area contributed by atoms with Crippen molar-refractivity contribution in [2.75, 3.05) is 6.54 Å². The van der Waals surface area contributed by atoms with Crippen LogP contribution in [0.3, 0.4) is 0 Å². The molecule has 2 heterocycles. The fourth-order valence-electron chi connectivity index (χ4n) is 2.56. The SMILES string of the molecule is CC(CNC(=O)c1cccc(C(F)(F)F)c1)n1nc(-c2ccco2)ccc1=O. The molecule has 1 aromatic carbocycles. The lowest BCUT2D eigenvalue weighted by Gasteiger charge is -2.15. The molecular formula is C19H16F3N3O3. The van der Waals surface area contributed by atoms with Crippen molar-refractivity contribution in [2.45, 2.75) is 19.1 Å². The molecule has 0 spiro atoms. The van der Waals surface area contributed by atoms with Gasteiger partial charge in [0.15, 0.2) is 5.76 Å². The molecular weight excluding hydrogens is 375 g/mol. The van der Waals surface area contributed by atoms with Crippen LogP contribution in [0.15, 0.2) is 64.0 Å². The molecule has 1 atom stereocenters. The Morgan fingerprint density at radius 1 is 1.21 bits per heavy atom. The van der Waals surface area contributed by atoms with Gasteiger partial charge in [-0.25, -0.2) is 4.68 Å². The van der Waals surface area contributed by atoms with Gasteiger partial charge < -0.3 is 9.73 Å². The summed E-state index contributed by atoms with van der Waals surface area (Å²) < 4.78 is 44.8. The van der Waals surface area contributed by atoms with Crippen molar-refractivity contribution in [3.63, 3.8) is 0 Å². The van der Waals surface area contributed by atoms with Crippen molar-refractivity contribution in [1.82, 2.24) is 15.1 Å². The van der Waals surface area contributed by atoms with Gasteiger partial charge in [-0.2, -0.15) is 18.3 Å². The molecule has 3 rings (SSSR count). The van der Waals surface area contributed by atoms with E-state index in [4.69, 9.17) is 4.42 Å². The molecule has 0 aliphatic carbocycles. The van der Waals surface area contributed by atoms with Crippen LogP contribution in [0.1, 0.15) is 28.9 Å². The quantitative estimate of drug-likeness (QED) is 0.722. The third-order valence-corrected chi connectivity index (χ3v) is 4.03. The molecule has 1 unspecified atom stereocenters. The molecule has 0 fully saturated rings. The summed E-state index contributed by atoms with van der Waals surface area (Å²) in [4.78, 5) is 24.3. The Morgan fingerprint density at radius 2 is 2.00 bits per heavy atom. The van der Waals surface area contributed by atoms with Gasteiger partial charge in [-0.3, -0.25) is 9.59 Å². The van der Waals surface area contributed by atoms with Gasteiger partial charge in [0.05, 0.1) is 17.9 Å². The summed E-state index contributed by atoms with van der Waals surface area (Å²) in [6.45, 7) is 1.66. The third kappa shape index (κ3) is 4.30. The van der Waals surface area contributed by atoms with Gasteiger partial charge in [0.1, 0.15) is 5.69 Å². The smallest absolute Gasteiger partial charge is 0.416 e. The standard InChI is InChI=1S/C19H16F3N3O3/c1-12(25-17(26)8-7-15(24-25)16-6-3-9-28-16)11-23-18(27)13-4-2-5-14(10-13)19(20,21)22/h2-10,12H,11H2,1H3,(H,23,27). The first-order valence-corrected chi connectivity index (χ1v) is 8.35. The Hall–Kier alpha value is -3.36. The number of hydrogen-bond donors (Lipinski definition) is 1. The predicted octanol–water partition coefficient (Wildman–Crippen LogP) is 3.51. The van der Waals surface area contributed by atoms with Crippen molar-refractivity contribution < 1.29 is 22.4 Å². The van der Waals surface area contributed by atoms with E-state index in [2.05, 4.69) is 10.4 Å². The number of nitrogens with zero attached hydrogens (tertiary/aromatic N) is 2. The first kappa shape index (κ1) is 19.4. The Balaban J connectivity index is 1.72. The summed E-state index contributed by atoms with van der Waals surface area (Å²) in [6.07, 6.45) is -3.06. The Morgan fingerprint density at radius 3 is 2.68 bits per heavy atom. The van der Waals surface area contributed by atoms with Crippen LogP contribution >= 0.6 is 0 Å². The number of hydrogen-bond acceptors (Lipinski definition) is 4. The van der Waals surface area contributed by atoms with Crippen molar-refractivity contribution in [1.29, 1.82) is 0 Å². The third-order valence-electron chi connectivity index (χ3n) is 4.03. The molecule has 0 saturated carbocycles. The van der Waals surface area contributed by atoms with Crippen LogP contribution < -0.4 is 10.9 Å². The Labute approximate surface area is 157 Å². The zero-order valence-corrected chi connectivity index (χ0v) is 14.7. The van der Waals surface area contributed by atoms with Crippen LogP contribution in [0, 0.1) is 0 Å². The zero-order valence-electron chi connectivity index (χ0n) is 14.7. The van der Waals surface area contributed by atoms with Crippen molar-refractivity contribution in [3.8, 4) is 11.5 Å². The van der Waals surface area contributed by atoms with Gasteiger partial charge in [0, 0.05) is 18.2 Å². The Bertz CT molecular complexity index is 1030. The highest BCUT2D eigenvalue weighted by Crippen LogP contribution is 2.29. The lowest BCUT2D eigenvalue weighted by atomic mass is 10.1. The molecule has 0 radical (unpaired) electrons. The molecule has 1 N–H and O–H groups in total. The zero-order chi connectivity index (χ0) is 20.3. The molecule has 146 valence electrons. The summed E-state index contributed by atoms with van der Waals surface area (Å²) in [6, 6.07) is 9.82. The van der Waals surface area contributed by atoms with E-state index in [-0.39, 0.29) is 17.7 Å². The van der Waals surface area contributed by atoms with Crippen molar-refractivity contribution in [3.05, 3.63) is 76.3 Å². The van der Waals surface area contributed by atoms with Crippen LogP contribution in [0.4, 0.5) is 13.2 Å². The minimum atomic E-state index is -4.53. The highest BCUT2D eigenvalue weighted by atomic mass is 19.4. The molecule has 6 nitrogen and oxygen atoms in total. The highest BCUT2D eigenvalue weighted by molar-refractivity contribution is 5.94. The number of amides is 1. The van der Waals surface area contributed by atoms with Gasteiger partial charge in [0.2, 0.25) is 0 Å². The lowest BCUT2D eigenvalue weighted by molar-refractivity contribution is -0.137. The summed E-state index contributed by atoms with van der Waals surface area (Å²) >= 11 is 0. The summed E-state index contributed by atoms with van der Waals surface area (Å²) in [5, 5.41) is 6.75. The van der Waals surface area contributed by atoms with Gasteiger partial charge in [-0.05, 0) is 43.3 Å². The van der Waals surface area contributed by atoms with Gasteiger partial charge >= 0.3 is 6.18 Å². The van der Waals surface area contributed by atoms with Crippen LogP contribution in [-0.4, -0.2) is 22.2 Å². The molecule has 9 heteroatoms. The van der Waals surface area contributed by atoms with E-state index in [1.807, 2.05) is 0 Å². The van der Waals surface area contributed by atoms with Crippen LogP contribution in [0.5, 0.6) is 0 Å². The number of carbonyl (C=O) groups is 1. The second kappa shape index (κ2) is 7.71. The topological polar surface area (TPSA) is 77.1 Å². The number of benzene rings is 1.